The van der Waals surface area contributed by atoms with Crippen LogP contribution in [0.25, 0.3) is 0 Å². The molecule has 0 spiro atoms. The first kappa shape index (κ1) is 27.1. The molecule has 2 amide bonds. The highest BCUT2D eigenvalue weighted by molar-refractivity contribution is 8.77. The molecule has 9 heteroatoms. The Kier molecular flexibility index (Phi) is 14.5. The fraction of sp³-hybridized carbons (Fsp3) is 0.842. The van der Waals surface area contributed by atoms with Gasteiger partial charge < -0.3 is 19.3 Å². The minimum atomic E-state index is -0.264. The van der Waals surface area contributed by atoms with Crippen LogP contribution in [0.4, 0.5) is 0 Å². The SMILES string of the molecule is CCOCCC(=O)N(C)CCN(C)C(=O)CCC(C)(C)SSCCOC(C)=O. The Morgan fingerprint density at radius 1 is 0.964 bits per heavy atom. The highest BCUT2D eigenvalue weighted by atomic mass is 33.1. The van der Waals surface area contributed by atoms with Crippen molar-refractivity contribution in [2.75, 3.05) is 52.8 Å². The van der Waals surface area contributed by atoms with E-state index in [4.69, 9.17) is 9.47 Å². The Hall–Kier alpha value is -0.930. The molecule has 0 aromatic rings. The number of hydrogen-bond donors (Lipinski definition) is 0. The predicted molar refractivity (Wildman–Crippen MR) is 116 cm³/mol. The van der Waals surface area contributed by atoms with Crippen LogP contribution >= 0.6 is 21.6 Å². The van der Waals surface area contributed by atoms with Gasteiger partial charge in [-0.05, 0) is 27.2 Å². The van der Waals surface area contributed by atoms with Crippen LogP contribution in [0.5, 0.6) is 0 Å². The summed E-state index contributed by atoms with van der Waals surface area (Å²) in [6.07, 6.45) is 1.58. The van der Waals surface area contributed by atoms with Crippen LogP contribution in [-0.2, 0) is 23.9 Å². The molecule has 28 heavy (non-hydrogen) atoms. The molecule has 0 atom stereocenters. The molecule has 164 valence electrons. The predicted octanol–water partition coefficient (Wildman–Crippen LogP) is 2.83. The van der Waals surface area contributed by atoms with Gasteiger partial charge in [0.25, 0.3) is 0 Å². The molecule has 0 unspecified atom stereocenters. The lowest BCUT2D eigenvalue weighted by atomic mass is 10.1. The van der Waals surface area contributed by atoms with E-state index in [9.17, 15) is 14.4 Å². The van der Waals surface area contributed by atoms with Gasteiger partial charge in [-0.25, -0.2) is 0 Å². The van der Waals surface area contributed by atoms with Gasteiger partial charge in [0, 0.05) is 57.6 Å². The number of esters is 1. The van der Waals surface area contributed by atoms with Crippen LogP contribution in [0.1, 0.15) is 47.0 Å². The van der Waals surface area contributed by atoms with Gasteiger partial charge in [-0.15, -0.1) is 0 Å². The van der Waals surface area contributed by atoms with E-state index in [1.165, 1.54) is 6.92 Å². The molecule has 0 bridgehead atoms. The molecule has 0 aromatic carbocycles. The molecule has 0 N–H and O–H groups in total. The third-order valence-electron chi connectivity index (χ3n) is 3.98. The maximum atomic E-state index is 12.4. The summed E-state index contributed by atoms with van der Waals surface area (Å²) in [6.45, 7) is 9.98. The highest BCUT2D eigenvalue weighted by Crippen LogP contribution is 2.38. The first-order valence-electron chi connectivity index (χ1n) is 9.58. The Bertz CT molecular complexity index is 489. The number of likely N-dealkylation sites (N-methyl/N-ethyl adjacent to an activating group) is 2. The Labute approximate surface area is 177 Å². The number of carbonyl (C=O) groups excluding carboxylic acids is 3. The number of ether oxygens (including phenoxy) is 2. The first-order chi connectivity index (χ1) is 13.1. The number of rotatable bonds is 15. The van der Waals surface area contributed by atoms with E-state index in [0.717, 1.165) is 12.2 Å². The molecule has 0 aliphatic heterocycles. The third kappa shape index (κ3) is 14.1. The monoisotopic (exact) mass is 436 g/mol. The zero-order valence-corrected chi connectivity index (χ0v) is 19.7. The summed E-state index contributed by atoms with van der Waals surface area (Å²) in [6, 6.07) is 0. The van der Waals surface area contributed by atoms with Gasteiger partial charge in [-0.3, -0.25) is 14.4 Å². The molecule has 0 heterocycles. The Morgan fingerprint density at radius 2 is 1.54 bits per heavy atom. The topological polar surface area (TPSA) is 76.2 Å². The highest BCUT2D eigenvalue weighted by Gasteiger charge is 2.22. The largest absolute Gasteiger partial charge is 0.465 e. The van der Waals surface area contributed by atoms with Crippen molar-refractivity contribution in [3.8, 4) is 0 Å². The summed E-state index contributed by atoms with van der Waals surface area (Å²) in [7, 11) is 6.88. The van der Waals surface area contributed by atoms with Crippen LogP contribution in [0.2, 0.25) is 0 Å². The Morgan fingerprint density at radius 3 is 2.07 bits per heavy atom. The van der Waals surface area contributed by atoms with Crippen molar-refractivity contribution in [1.29, 1.82) is 0 Å². The number of hydrogen-bond acceptors (Lipinski definition) is 7. The van der Waals surface area contributed by atoms with Crippen molar-refractivity contribution in [1.82, 2.24) is 9.80 Å². The number of carbonyl (C=O) groups is 3. The van der Waals surface area contributed by atoms with Gasteiger partial charge in [-0.2, -0.15) is 0 Å². The molecule has 0 fully saturated rings. The molecule has 0 aliphatic rings. The van der Waals surface area contributed by atoms with E-state index in [0.29, 0.717) is 45.8 Å². The van der Waals surface area contributed by atoms with Gasteiger partial charge in [0.1, 0.15) is 6.61 Å². The molecule has 0 radical (unpaired) electrons. The molecule has 0 aliphatic carbocycles. The van der Waals surface area contributed by atoms with Crippen molar-refractivity contribution in [3.63, 3.8) is 0 Å². The minimum absolute atomic E-state index is 0.0256. The number of nitrogens with zero attached hydrogens (tertiary/aromatic N) is 2. The quantitative estimate of drug-likeness (QED) is 0.222. The first-order valence-corrected chi connectivity index (χ1v) is 11.9. The molecule has 7 nitrogen and oxygen atoms in total. The van der Waals surface area contributed by atoms with Crippen LogP contribution in [0.3, 0.4) is 0 Å². The lowest BCUT2D eigenvalue weighted by Gasteiger charge is -2.26. The van der Waals surface area contributed by atoms with Crippen LogP contribution in [-0.4, -0.2) is 85.1 Å². The second-order valence-electron chi connectivity index (χ2n) is 7.08. The fourth-order valence-electron chi connectivity index (χ4n) is 2.11. The van der Waals surface area contributed by atoms with Crippen LogP contribution in [0, 0.1) is 0 Å². The van der Waals surface area contributed by atoms with E-state index in [2.05, 4.69) is 13.8 Å². The lowest BCUT2D eigenvalue weighted by Crippen LogP contribution is -2.38. The van der Waals surface area contributed by atoms with E-state index in [1.807, 2.05) is 6.92 Å². The summed E-state index contributed by atoms with van der Waals surface area (Å²) >= 11 is 0. The van der Waals surface area contributed by atoms with Crippen molar-refractivity contribution in [2.24, 2.45) is 0 Å². The van der Waals surface area contributed by atoms with Crippen molar-refractivity contribution in [2.45, 2.75) is 51.7 Å². The van der Waals surface area contributed by atoms with E-state index in [-0.39, 0.29) is 22.5 Å². The van der Waals surface area contributed by atoms with Crippen LogP contribution < -0.4 is 0 Å². The third-order valence-corrected chi connectivity index (χ3v) is 7.30. The standard InChI is InChI=1S/C19H36N2O5S2/c1-7-25-13-9-18(24)21(6)12-11-20(5)17(23)8-10-19(3,4)28-27-15-14-26-16(2)22/h7-15H2,1-6H3. The molecule has 0 aromatic heterocycles. The molecular weight excluding hydrogens is 400 g/mol. The normalized spacial score (nSPS) is 11.2. The summed E-state index contributed by atoms with van der Waals surface area (Å²) in [5.41, 5.74) is 0. The van der Waals surface area contributed by atoms with E-state index < -0.39 is 0 Å². The van der Waals surface area contributed by atoms with Gasteiger partial charge in [0.2, 0.25) is 11.8 Å². The zero-order valence-electron chi connectivity index (χ0n) is 18.1. The second-order valence-corrected chi connectivity index (χ2v) is 10.2. The molecule has 0 rings (SSSR count). The molecular formula is C19H36N2O5S2. The summed E-state index contributed by atoms with van der Waals surface area (Å²) < 4.78 is 10.1. The maximum Gasteiger partial charge on any atom is 0.302 e. The summed E-state index contributed by atoms with van der Waals surface area (Å²) in [5.74, 6) is 0.567. The Balaban J connectivity index is 4.05. The average molecular weight is 437 g/mol. The zero-order chi connectivity index (χ0) is 21.6. The second kappa shape index (κ2) is 15.0. The van der Waals surface area contributed by atoms with E-state index in [1.54, 1.807) is 45.5 Å². The van der Waals surface area contributed by atoms with Gasteiger partial charge in [-0.1, -0.05) is 21.6 Å². The molecule has 0 saturated heterocycles. The van der Waals surface area contributed by atoms with E-state index >= 15 is 0 Å². The smallest absolute Gasteiger partial charge is 0.302 e. The summed E-state index contributed by atoms with van der Waals surface area (Å²) in [4.78, 5) is 38.4. The van der Waals surface area contributed by atoms with Gasteiger partial charge in [0.15, 0.2) is 0 Å². The van der Waals surface area contributed by atoms with Crippen molar-refractivity contribution < 1.29 is 23.9 Å². The number of amides is 2. The van der Waals surface area contributed by atoms with Crippen molar-refractivity contribution in [3.05, 3.63) is 0 Å². The van der Waals surface area contributed by atoms with Gasteiger partial charge >= 0.3 is 5.97 Å². The summed E-state index contributed by atoms with van der Waals surface area (Å²) in [5, 5.41) is 0. The maximum absolute atomic E-state index is 12.4. The van der Waals surface area contributed by atoms with Gasteiger partial charge in [0.05, 0.1) is 13.0 Å². The lowest BCUT2D eigenvalue weighted by molar-refractivity contribution is -0.140. The van der Waals surface area contributed by atoms with Crippen LogP contribution in [0.15, 0.2) is 0 Å². The van der Waals surface area contributed by atoms with Crippen molar-refractivity contribution >= 4 is 39.4 Å². The molecule has 0 saturated carbocycles. The average Bonchev–Trinajstić information content (AvgIpc) is 2.63. The fourth-order valence-corrected chi connectivity index (χ4v) is 4.51. The minimum Gasteiger partial charge on any atom is -0.465 e.